The maximum Gasteiger partial charge on any atom is 0.251 e. The van der Waals surface area contributed by atoms with Gasteiger partial charge in [-0.15, -0.1) is 11.6 Å². The topological polar surface area (TPSA) is 38.3 Å². The molecule has 0 aromatic heterocycles. The van der Waals surface area contributed by atoms with Crippen LogP contribution < -0.4 is 5.32 Å². The predicted octanol–water partition coefficient (Wildman–Crippen LogP) is 2.58. The van der Waals surface area contributed by atoms with Crippen molar-refractivity contribution in [2.45, 2.75) is 25.3 Å². The van der Waals surface area contributed by atoms with Gasteiger partial charge in [0.25, 0.3) is 5.91 Å². The molecule has 0 saturated carbocycles. The Morgan fingerprint density at radius 1 is 1.53 bits per heavy atom. The highest BCUT2D eigenvalue weighted by Gasteiger charge is 2.09. The maximum absolute atomic E-state index is 11.9. The highest BCUT2D eigenvalue weighted by atomic mass is 35.5. The summed E-state index contributed by atoms with van der Waals surface area (Å²) >= 11 is 5.73. The molecule has 1 N–H and O–H groups in total. The molecule has 1 unspecified atom stereocenters. The Morgan fingerprint density at radius 3 is 2.94 bits per heavy atom. The summed E-state index contributed by atoms with van der Waals surface area (Å²) in [5.74, 6) is 0.348. The van der Waals surface area contributed by atoms with Crippen LogP contribution in [0.15, 0.2) is 24.3 Å². The SMILES string of the molecule is COCCC(C)NC(=O)c1cccc(CCl)c1. The number of carbonyl (C=O) groups is 1. The summed E-state index contributed by atoms with van der Waals surface area (Å²) < 4.78 is 4.97. The molecule has 17 heavy (non-hydrogen) atoms. The van der Waals surface area contributed by atoms with Gasteiger partial charge in [-0.05, 0) is 31.0 Å². The molecule has 0 radical (unpaired) electrons. The minimum atomic E-state index is -0.0689. The number of halogens is 1. The summed E-state index contributed by atoms with van der Waals surface area (Å²) in [7, 11) is 1.65. The summed E-state index contributed by atoms with van der Waals surface area (Å²) in [6.45, 7) is 2.60. The zero-order valence-corrected chi connectivity index (χ0v) is 11.0. The van der Waals surface area contributed by atoms with Crippen molar-refractivity contribution in [2.75, 3.05) is 13.7 Å². The van der Waals surface area contributed by atoms with Gasteiger partial charge in [-0.25, -0.2) is 0 Å². The second-order valence-corrected chi connectivity index (χ2v) is 4.26. The average Bonchev–Trinajstić information content (AvgIpc) is 2.36. The first-order chi connectivity index (χ1) is 8.17. The molecular weight excluding hydrogens is 238 g/mol. The molecule has 0 spiro atoms. The van der Waals surface area contributed by atoms with Crippen LogP contribution in [0.3, 0.4) is 0 Å². The van der Waals surface area contributed by atoms with Crippen LogP contribution in [0.1, 0.15) is 29.3 Å². The van der Waals surface area contributed by atoms with E-state index in [1.807, 2.05) is 25.1 Å². The van der Waals surface area contributed by atoms with Gasteiger partial charge in [-0.2, -0.15) is 0 Å². The van der Waals surface area contributed by atoms with Crippen LogP contribution in [0, 0.1) is 0 Å². The highest BCUT2D eigenvalue weighted by Crippen LogP contribution is 2.08. The van der Waals surface area contributed by atoms with Gasteiger partial charge in [0.2, 0.25) is 0 Å². The van der Waals surface area contributed by atoms with Crippen molar-refractivity contribution >= 4 is 17.5 Å². The van der Waals surface area contributed by atoms with Gasteiger partial charge in [0.05, 0.1) is 0 Å². The van der Waals surface area contributed by atoms with Crippen LogP contribution in [-0.2, 0) is 10.6 Å². The Bertz CT molecular complexity index is 368. The molecule has 1 rings (SSSR count). The van der Waals surface area contributed by atoms with Crippen molar-refractivity contribution in [1.29, 1.82) is 0 Å². The number of amides is 1. The van der Waals surface area contributed by atoms with E-state index in [0.29, 0.717) is 18.1 Å². The molecule has 4 heteroatoms. The van der Waals surface area contributed by atoms with E-state index in [1.54, 1.807) is 13.2 Å². The first kappa shape index (κ1) is 14.0. The second kappa shape index (κ2) is 7.30. The number of hydrogen-bond donors (Lipinski definition) is 1. The fourth-order valence-electron chi connectivity index (χ4n) is 1.47. The second-order valence-electron chi connectivity index (χ2n) is 3.99. The average molecular weight is 256 g/mol. The van der Waals surface area contributed by atoms with E-state index < -0.39 is 0 Å². The standard InChI is InChI=1S/C13H18ClNO2/c1-10(6-7-17-2)15-13(16)12-5-3-4-11(8-12)9-14/h3-5,8,10H,6-7,9H2,1-2H3,(H,15,16). The van der Waals surface area contributed by atoms with Crippen LogP contribution in [0.2, 0.25) is 0 Å². The fraction of sp³-hybridized carbons (Fsp3) is 0.462. The predicted molar refractivity (Wildman–Crippen MR) is 69.4 cm³/mol. The summed E-state index contributed by atoms with van der Waals surface area (Å²) in [6.07, 6.45) is 0.803. The lowest BCUT2D eigenvalue weighted by molar-refractivity contribution is 0.0929. The van der Waals surface area contributed by atoms with Gasteiger partial charge >= 0.3 is 0 Å². The Balaban J connectivity index is 2.56. The molecule has 0 bridgehead atoms. The van der Waals surface area contributed by atoms with E-state index >= 15 is 0 Å². The fourth-order valence-corrected chi connectivity index (χ4v) is 1.64. The van der Waals surface area contributed by atoms with E-state index in [-0.39, 0.29) is 11.9 Å². The number of rotatable bonds is 6. The summed E-state index contributed by atoms with van der Waals surface area (Å²) in [4.78, 5) is 11.9. The number of nitrogens with one attached hydrogen (secondary N) is 1. The highest BCUT2D eigenvalue weighted by molar-refractivity contribution is 6.17. The third kappa shape index (κ3) is 4.75. The van der Waals surface area contributed by atoms with E-state index in [1.165, 1.54) is 0 Å². The first-order valence-corrected chi connectivity index (χ1v) is 6.15. The zero-order valence-electron chi connectivity index (χ0n) is 10.2. The largest absolute Gasteiger partial charge is 0.385 e. The monoisotopic (exact) mass is 255 g/mol. The van der Waals surface area contributed by atoms with Gasteiger partial charge in [0.1, 0.15) is 0 Å². The Labute approximate surface area is 107 Å². The van der Waals surface area contributed by atoms with E-state index in [9.17, 15) is 4.79 Å². The van der Waals surface area contributed by atoms with E-state index in [0.717, 1.165) is 12.0 Å². The van der Waals surface area contributed by atoms with Gasteiger partial charge in [0, 0.05) is 31.2 Å². The Kier molecular flexibility index (Phi) is 6.01. The van der Waals surface area contributed by atoms with Crippen molar-refractivity contribution in [3.05, 3.63) is 35.4 Å². The molecule has 0 heterocycles. The minimum absolute atomic E-state index is 0.0689. The number of benzene rings is 1. The van der Waals surface area contributed by atoms with Gasteiger partial charge in [-0.1, -0.05) is 12.1 Å². The number of ether oxygens (including phenoxy) is 1. The van der Waals surface area contributed by atoms with Crippen LogP contribution in [-0.4, -0.2) is 25.7 Å². The van der Waals surface area contributed by atoms with E-state index in [2.05, 4.69) is 5.32 Å². The molecule has 0 aliphatic rings. The third-order valence-electron chi connectivity index (χ3n) is 2.48. The number of methoxy groups -OCH3 is 1. The number of alkyl halides is 1. The minimum Gasteiger partial charge on any atom is -0.385 e. The molecule has 1 atom stereocenters. The first-order valence-electron chi connectivity index (χ1n) is 5.62. The molecular formula is C13H18ClNO2. The van der Waals surface area contributed by atoms with Crippen molar-refractivity contribution in [1.82, 2.24) is 5.32 Å². The number of carbonyl (C=O) groups excluding carboxylic acids is 1. The van der Waals surface area contributed by atoms with Crippen LogP contribution >= 0.6 is 11.6 Å². The molecule has 1 aromatic rings. The molecule has 1 aromatic carbocycles. The Morgan fingerprint density at radius 2 is 2.29 bits per heavy atom. The molecule has 0 saturated heterocycles. The molecule has 94 valence electrons. The molecule has 0 aliphatic heterocycles. The molecule has 1 amide bonds. The zero-order chi connectivity index (χ0) is 12.7. The summed E-state index contributed by atoms with van der Waals surface area (Å²) in [6, 6.07) is 7.44. The van der Waals surface area contributed by atoms with Crippen molar-refractivity contribution in [3.63, 3.8) is 0 Å². The third-order valence-corrected chi connectivity index (χ3v) is 2.78. The van der Waals surface area contributed by atoms with Crippen LogP contribution in [0.4, 0.5) is 0 Å². The summed E-state index contributed by atoms with van der Waals surface area (Å²) in [5, 5.41) is 2.92. The smallest absolute Gasteiger partial charge is 0.251 e. The normalized spacial score (nSPS) is 12.2. The van der Waals surface area contributed by atoms with Crippen LogP contribution in [0.25, 0.3) is 0 Å². The lowest BCUT2D eigenvalue weighted by Gasteiger charge is -2.13. The van der Waals surface area contributed by atoms with Crippen molar-refractivity contribution < 1.29 is 9.53 Å². The van der Waals surface area contributed by atoms with Crippen LogP contribution in [0.5, 0.6) is 0 Å². The molecule has 0 aliphatic carbocycles. The summed E-state index contributed by atoms with van der Waals surface area (Å²) in [5.41, 5.74) is 1.59. The maximum atomic E-state index is 11.9. The van der Waals surface area contributed by atoms with Gasteiger partial charge < -0.3 is 10.1 Å². The quantitative estimate of drug-likeness (QED) is 0.794. The molecule has 0 fully saturated rings. The Hall–Kier alpha value is -1.06. The lowest BCUT2D eigenvalue weighted by Crippen LogP contribution is -2.33. The van der Waals surface area contributed by atoms with Gasteiger partial charge in [0.15, 0.2) is 0 Å². The van der Waals surface area contributed by atoms with Crippen molar-refractivity contribution in [2.24, 2.45) is 0 Å². The lowest BCUT2D eigenvalue weighted by atomic mass is 10.1. The van der Waals surface area contributed by atoms with E-state index in [4.69, 9.17) is 16.3 Å². The van der Waals surface area contributed by atoms with Gasteiger partial charge in [-0.3, -0.25) is 4.79 Å². The van der Waals surface area contributed by atoms with Crippen molar-refractivity contribution in [3.8, 4) is 0 Å². The number of hydrogen-bond acceptors (Lipinski definition) is 2. The molecule has 3 nitrogen and oxygen atoms in total.